The molecule has 0 radical (unpaired) electrons. The van der Waals surface area contributed by atoms with Gasteiger partial charge in [-0.2, -0.15) is 0 Å². The lowest BCUT2D eigenvalue weighted by atomic mass is 10.2. The number of hydrogen-bond donors (Lipinski definition) is 1. The molecular formula is C19H16ClFN4OS. The van der Waals surface area contributed by atoms with Crippen molar-refractivity contribution < 1.29 is 9.18 Å². The Morgan fingerprint density at radius 3 is 2.78 bits per heavy atom. The number of halogens is 2. The quantitative estimate of drug-likeness (QED) is 0.455. The van der Waals surface area contributed by atoms with Crippen molar-refractivity contribution in [2.75, 3.05) is 5.32 Å². The van der Waals surface area contributed by atoms with Crippen LogP contribution in [0.25, 0.3) is 0 Å². The normalized spacial score (nSPS) is 10.6. The summed E-state index contributed by atoms with van der Waals surface area (Å²) in [6, 6.07) is 13.0. The van der Waals surface area contributed by atoms with Gasteiger partial charge >= 0.3 is 0 Å². The largest absolute Gasteiger partial charge is 0.321 e. The molecule has 0 aliphatic carbocycles. The molecule has 0 aliphatic heterocycles. The lowest BCUT2D eigenvalue weighted by Crippen LogP contribution is -2.19. The van der Waals surface area contributed by atoms with Crippen LogP contribution in [-0.2, 0) is 12.3 Å². The van der Waals surface area contributed by atoms with Crippen LogP contribution in [-0.4, -0.2) is 20.9 Å². The van der Waals surface area contributed by atoms with E-state index in [0.717, 1.165) is 4.90 Å². The maximum Gasteiger partial charge on any atom is 0.275 e. The minimum absolute atomic E-state index is 0.294. The number of nitrogens with one attached hydrogen (secondary N) is 1. The maximum absolute atomic E-state index is 13.0. The first kappa shape index (κ1) is 19.1. The molecule has 1 amide bonds. The highest BCUT2D eigenvalue weighted by Gasteiger charge is 2.20. The van der Waals surface area contributed by atoms with E-state index in [0.29, 0.717) is 34.4 Å². The molecule has 138 valence electrons. The van der Waals surface area contributed by atoms with E-state index in [2.05, 4.69) is 22.2 Å². The van der Waals surface area contributed by atoms with Crippen LogP contribution in [0.4, 0.5) is 10.1 Å². The van der Waals surface area contributed by atoms with Gasteiger partial charge in [0.05, 0.1) is 6.54 Å². The highest BCUT2D eigenvalue weighted by atomic mass is 35.5. The Labute approximate surface area is 165 Å². The zero-order valence-corrected chi connectivity index (χ0v) is 15.8. The summed E-state index contributed by atoms with van der Waals surface area (Å²) in [5, 5.41) is 11.5. The van der Waals surface area contributed by atoms with E-state index < -0.39 is 0 Å². The summed E-state index contributed by atoms with van der Waals surface area (Å²) in [5.74, 6) is -0.210. The van der Waals surface area contributed by atoms with Crippen LogP contribution in [0.1, 0.15) is 16.2 Å². The Morgan fingerprint density at radius 1 is 1.30 bits per heavy atom. The monoisotopic (exact) mass is 402 g/mol. The highest BCUT2D eigenvalue weighted by molar-refractivity contribution is 7.98. The second-order valence-electron chi connectivity index (χ2n) is 5.56. The fourth-order valence-electron chi connectivity index (χ4n) is 2.38. The zero-order chi connectivity index (χ0) is 19.2. The van der Waals surface area contributed by atoms with Gasteiger partial charge in [0.25, 0.3) is 5.91 Å². The van der Waals surface area contributed by atoms with Crippen molar-refractivity contribution in [1.82, 2.24) is 15.0 Å². The first-order valence-electron chi connectivity index (χ1n) is 8.05. The molecule has 0 aliphatic rings. The molecule has 3 aromatic rings. The van der Waals surface area contributed by atoms with Crippen LogP contribution in [0.15, 0.2) is 66.1 Å². The SMILES string of the molecule is C=CCn1nnc(CSc2ccc(F)cc2)c1C(=O)Nc1cccc(Cl)c1. The van der Waals surface area contributed by atoms with Crippen LogP contribution in [0.2, 0.25) is 5.02 Å². The third-order valence-electron chi connectivity index (χ3n) is 3.59. The summed E-state index contributed by atoms with van der Waals surface area (Å²) < 4.78 is 14.5. The van der Waals surface area contributed by atoms with E-state index in [1.807, 2.05) is 0 Å². The second-order valence-corrected chi connectivity index (χ2v) is 7.05. The number of nitrogens with zero attached hydrogens (tertiary/aromatic N) is 3. The first-order chi connectivity index (χ1) is 13.1. The molecule has 1 N–H and O–H groups in total. The molecule has 2 aromatic carbocycles. The van der Waals surface area contributed by atoms with Crippen LogP contribution in [0.5, 0.6) is 0 Å². The van der Waals surface area contributed by atoms with Gasteiger partial charge in [0.15, 0.2) is 5.69 Å². The summed E-state index contributed by atoms with van der Waals surface area (Å²) in [7, 11) is 0. The van der Waals surface area contributed by atoms with E-state index in [9.17, 15) is 9.18 Å². The Kier molecular flexibility index (Phi) is 6.26. The zero-order valence-electron chi connectivity index (χ0n) is 14.2. The molecule has 8 heteroatoms. The molecule has 27 heavy (non-hydrogen) atoms. The van der Waals surface area contributed by atoms with Crippen molar-refractivity contribution in [1.29, 1.82) is 0 Å². The van der Waals surface area contributed by atoms with Crippen LogP contribution >= 0.6 is 23.4 Å². The van der Waals surface area contributed by atoms with Crippen molar-refractivity contribution in [3.63, 3.8) is 0 Å². The Morgan fingerprint density at radius 2 is 2.07 bits per heavy atom. The van der Waals surface area contributed by atoms with Crippen LogP contribution in [0.3, 0.4) is 0 Å². The lowest BCUT2D eigenvalue weighted by Gasteiger charge is -2.08. The van der Waals surface area contributed by atoms with Crippen molar-refractivity contribution >= 4 is 35.0 Å². The van der Waals surface area contributed by atoms with Gasteiger partial charge in [0.1, 0.15) is 11.5 Å². The van der Waals surface area contributed by atoms with Gasteiger partial charge in [-0.3, -0.25) is 4.79 Å². The maximum atomic E-state index is 13.0. The molecule has 1 heterocycles. The van der Waals surface area contributed by atoms with E-state index in [1.54, 1.807) is 42.5 Å². The molecule has 0 unspecified atom stereocenters. The number of anilines is 1. The number of aromatic nitrogens is 3. The summed E-state index contributed by atoms with van der Waals surface area (Å²) in [6.45, 7) is 4.04. The Bertz CT molecular complexity index is 959. The Hall–Kier alpha value is -2.64. The van der Waals surface area contributed by atoms with Crippen LogP contribution < -0.4 is 5.32 Å². The van der Waals surface area contributed by atoms with Gasteiger partial charge < -0.3 is 5.32 Å². The number of hydrogen-bond acceptors (Lipinski definition) is 4. The number of carbonyl (C=O) groups is 1. The van der Waals surface area contributed by atoms with Crippen LogP contribution in [0, 0.1) is 5.82 Å². The third kappa shape index (κ3) is 4.96. The van der Waals surface area contributed by atoms with Gasteiger partial charge in [-0.25, -0.2) is 9.07 Å². The number of allylic oxidation sites excluding steroid dienone is 1. The summed E-state index contributed by atoms with van der Waals surface area (Å²) in [4.78, 5) is 13.7. The predicted octanol–water partition coefficient (Wildman–Crippen LogP) is 4.80. The molecule has 0 atom stereocenters. The van der Waals surface area contributed by atoms with E-state index in [1.165, 1.54) is 28.6 Å². The van der Waals surface area contributed by atoms with Gasteiger partial charge in [-0.1, -0.05) is 29.0 Å². The molecule has 0 bridgehead atoms. The molecule has 0 fully saturated rings. The molecular weight excluding hydrogens is 387 g/mol. The van der Waals surface area contributed by atoms with E-state index >= 15 is 0 Å². The van der Waals surface area contributed by atoms with Crippen molar-refractivity contribution in [3.8, 4) is 0 Å². The molecule has 3 rings (SSSR count). The molecule has 5 nitrogen and oxygen atoms in total. The minimum Gasteiger partial charge on any atom is -0.321 e. The highest BCUT2D eigenvalue weighted by Crippen LogP contribution is 2.24. The predicted molar refractivity (Wildman–Crippen MR) is 106 cm³/mol. The molecule has 1 aromatic heterocycles. The number of amides is 1. The Balaban J connectivity index is 1.81. The summed E-state index contributed by atoms with van der Waals surface area (Å²) in [6.07, 6.45) is 1.64. The number of thioether (sulfide) groups is 1. The second kappa shape index (κ2) is 8.83. The standard InChI is InChI=1S/C19H16ClFN4OS/c1-2-10-25-18(19(26)22-15-5-3-4-13(20)11-15)17(23-24-25)12-27-16-8-6-14(21)7-9-16/h2-9,11H,1,10,12H2,(H,22,26). The topological polar surface area (TPSA) is 59.8 Å². The van der Waals surface area contributed by atoms with Gasteiger partial charge in [0, 0.05) is 21.4 Å². The number of carbonyl (C=O) groups excluding carboxylic acids is 1. The fourth-order valence-corrected chi connectivity index (χ4v) is 3.40. The summed E-state index contributed by atoms with van der Waals surface area (Å²) in [5.41, 5.74) is 1.46. The molecule has 0 saturated carbocycles. The van der Waals surface area contributed by atoms with E-state index in [-0.39, 0.29) is 11.7 Å². The molecule has 0 spiro atoms. The van der Waals surface area contributed by atoms with Gasteiger partial charge in [-0.15, -0.1) is 23.4 Å². The number of rotatable bonds is 7. The van der Waals surface area contributed by atoms with Crippen molar-refractivity contribution in [2.45, 2.75) is 17.2 Å². The summed E-state index contributed by atoms with van der Waals surface area (Å²) >= 11 is 7.41. The average Bonchev–Trinajstić information content (AvgIpc) is 3.04. The average molecular weight is 403 g/mol. The van der Waals surface area contributed by atoms with Crippen molar-refractivity contribution in [3.05, 3.63) is 83.4 Å². The smallest absolute Gasteiger partial charge is 0.275 e. The van der Waals surface area contributed by atoms with Gasteiger partial charge in [-0.05, 0) is 42.5 Å². The fraction of sp³-hybridized carbons (Fsp3) is 0.105. The third-order valence-corrected chi connectivity index (χ3v) is 4.85. The molecule has 0 saturated heterocycles. The van der Waals surface area contributed by atoms with Crippen molar-refractivity contribution in [2.24, 2.45) is 0 Å². The van der Waals surface area contributed by atoms with E-state index in [4.69, 9.17) is 11.6 Å². The lowest BCUT2D eigenvalue weighted by molar-refractivity contribution is 0.101. The van der Waals surface area contributed by atoms with Gasteiger partial charge in [0.2, 0.25) is 0 Å². The number of benzene rings is 2. The minimum atomic E-state index is -0.334. The first-order valence-corrected chi connectivity index (χ1v) is 9.41.